The lowest BCUT2D eigenvalue weighted by Gasteiger charge is -2.31. The highest BCUT2D eigenvalue weighted by Crippen LogP contribution is 2.37. The molecule has 0 atom stereocenters. The summed E-state index contributed by atoms with van der Waals surface area (Å²) < 4.78 is 47.9. The topological polar surface area (TPSA) is 55.8 Å². The Bertz CT molecular complexity index is 792. The van der Waals surface area contributed by atoms with E-state index in [0.717, 1.165) is 12.1 Å². The Balaban J connectivity index is 2.58. The van der Waals surface area contributed by atoms with Gasteiger partial charge in [-0.05, 0) is 30.2 Å². The molecule has 0 saturated heterocycles. The number of carbonyl (C=O) groups excluding carboxylic acids is 2. The van der Waals surface area contributed by atoms with E-state index in [9.17, 15) is 22.8 Å². The van der Waals surface area contributed by atoms with Crippen LogP contribution in [0.5, 0.6) is 0 Å². The lowest BCUT2D eigenvalue weighted by atomic mass is 9.90. The molecule has 1 aliphatic rings. The van der Waals surface area contributed by atoms with Crippen molar-refractivity contribution >= 4 is 17.5 Å². The van der Waals surface area contributed by atoms with Crippen molar-refractivity contribution < 1.29 is 32.2 Å². The van der Waals surface area contributed by atoms with E-state index < -0.39 is 23.7 Å². The fourth-order valence-corrected chi connectivity index (χ4v) is 2.76. The number of alkyl halides is 3. The Morgan fingerprint density at radius 3 is 2.04 bits per heavy atom. The van der Waals surface area contributed by atoms with Crippen molar-refractivity contribution in [1.29, 1.82) is 0 Å². The van der Waals surface area contributed by atoms with E-state index in [0.29, 0.717) is 22.4 Å². The lowest BCUT2D eigenvalue weighted by molar-refractivity contribution is -0.138. The van der Waals surface area contributed by atoms with Crippen LogP contribution >= 0.6 is 0 Å². The molecule has 0 aromatic heterocycles. The number of hydrogen-bond acceptors (Lipinski definition) is 5. The first-order valence-corrected chi connectivity index (χ1v) is 7.62. The second kappa shape index (κ2) is 7.23. The first kappa shape index (κ1) is 19.6. The van der Waals surface area contributed by atoms with E-state index in [4.69, 9.17) is 9.47 Å². The minimum absolute atomic E-state index is 0.0403. The Kier molecular flexibility index (Phi) is 5.44. The quantitative estimate of drug-likeness (QED) is 0.765. The highest BCUT2D eigenvalue weighted by Gasteiger charge is 2.33. The van der Waals surface area contributed by atoms with Gasteiger partial charge in [-0.3, -0.25) is 0 Å². The molecule has 2 rings (SSSR count). The molecule has 0 N–H and O–H groups in total. The van der Waals surface area contributed by atoms with Crippen molar-refractivity contribution in [3.05, 3.63) is 52.4 Å². The second-order valence-electron chi connectivity index (χ2n) is 5.69. The summed E-state index contributed by atoms with van der Waals surface area (Å²) in [5.74, 6) is -1.21. The van der Waals surface area contributed by atoms with Gasteiger partial charge in [0.05, 0.1) is 25.4 Å². The summed E-state index contributed by atoms with van der Waals surface area (Å²) in [6.07, 6.45) is -4.42. The number of hydrogen-bond donors (Lipinski definition) is 0. The third-order valence-electron chi connectivity index (χ3n) is 4.29. The van der Waals surface area contributed by atoms with Crippen LogP contribution in [0.3, 0.4) is 0 Å². The number of esters is 2. The molecule has 140 valence electrons. The Morgan fingerprint density at radius 1 is 1.04 bits per heavy atom. The molecular weight excluding hydrogens is 351 g/mol. The SMILES string of the molecule is COC(=O)C1=C(C)N(C)C(C(=O)OC)=C(c2ccc(C(F)(F)F)cc2)C1. The molecular formula is C18H18F3NO4. The standard InChI is InChI=1S/C18H18F3NO4/c1-10-13(16(23)25-3)9-14(15(22(10)2)17(24)26-4)11-5-7-12(8-6-11)18(19,20)21/h5-8H,9H2,1-4H3. The van der Waals surface area contributed by atoms with Gasteiger partial charge in [-0.25, -0.2) is 9.59 Å². The van der Waals surface area contributed by atoms with Gasteiger partial charge in [-0.15, -0.1) is 0 Å². The molecule has 5 nitrogen and oxygen atoms in total. The normalized spacial score (nSPS) is 15.3. The van der Waals surface area contributed by atoms with Crippen LogP contribution in [0.2, 0.25) is 0 Å². The number of allylic oxidation sites excluding steroid dienone is 2. The first-order valence-electron chi connectivity index (χ1n) is 7.62. The summed E-state index contributed by atoms with van der Waals surface area (Å²) >= 11 is 0. The predicted molar refractivity (Wildman–Crippen MR) is 87.5 cm³/mol. The van der Waals surface area contributed by atoms with Gasteiger partial charge in [0.1, 0.15) is 5.70 Å². The van der Waals surface area contributed by atoms with Crippen molar-refractivity contribution in [1.82, 2.24) is 4.90 Å². The van der Waals surface area contributed by atoms with Gasteiger partial charge in [0.25, 0.3) is 0 Å². The molecule has 1 aromatic carbocycles. The summed E-state index contributed by atoms with van der Waals surface area (Å²) in [6, 6.07) is 4.40. The van der Waals surface area contributed by atoms with Crippen LogP contribution in [0.15, 0.2) is 41.2 Å². The van der Waals surface area contributed by atoms with E-state index >= 15 is 0 Å². The monoisotopic (exact) mass is 369 g/mol. The van der Waals surface area contributed by atoms with Crippen molar-refractivity contribution in [2.24, 2.45) is 0 Å². The third-order valence-corrected chi connectivity index (χ3v) is 4.29. The molecule has 1 aliphatic heterocycles. The zero-order chi connectivity index (χ0) is 19.6. The zero-order valence-electron chi connectivity index (χ0n) is 14.7. The van der Waals surface area contributed by atoms with Crippen LogP contribution in [-0.2, 0) is 25.2 Å². The molecule has 0 radical (unpaired) electrons. The van der Waals surface area contributed by atoms with Crippen LogP contribution in [0, 0.1) is 0 Å². The highest BCUT2D eigenvalue weighted by atomic mass is 19.4. The van der Waals surface area contributed by atoms with Crippen LogP contribution in [0.25, 0.3) is 5.57 Å². The van der Waals surface area contributed by atoms with E-state index in [1.807, 2.05) is 0 Å². The highest BCUT2D eigenvalue weighted by molar-refractivity contribution is 6.02. The van der Waals surface area contributed by atoms with Gasteiger partial charge >= 0.3 is 18.1 Å². The molecule has 0 spiro atoms. The molecule has 0 bridgehead atoms. The second-order valence-corrected chi connectivity index (χ2v) is 5.69. The molecule has 0 amide bonds. The summed E-state index contributed by atoms with van der Waals surface area (Å²) in [5.41, 5.74) is 0.964. The van der Waals surface area contributed by atoms with Crippen LogP contribution < -0.4 is 0 Å². The Hall–Kier alpha value is -2.77. The van der Waals surface area contributed by atoms with Crippen molar-refractivity contribution in [2.45, 2.75) is 19.5 Å². The van der Waals surface area contributed by atoms with E-state index in [-0.39, 0.29) is 12.1 Å². The third kappa shape index (κ3) is 3.58. The van der Waals surface area contributed by atoms with Crippen molar-refractivity contribution in [3.63, 3.8) is 0 Å². The fourth-order valence-electron chi connectivity index (χ4n) is 2.76. The maximum Gasteiger partial charge on any atom is 0.416 e. The molecule has 0 fully saturated rings. The van der Waals surface area contributed by atoms with Gasteiger partial charge in [0, 0.05) is 19.2 Å². The van der Waals surface area contributed by atoms with E-state index in [1.54, 1.807) is 14.0 Å². The molecule has 1 heterocycles. The van der Waals surface area contributed by atoms with Crippen molar-refractivity contribution in [3.8, 4) is 0 Å². The largest absolute Gasteiger partial charge is 0.466 e. The number of carbonyl (C=O) groups is 2. The summed E-state index contributed by atoms with van der Waals surface area (Å²) in [7, 11) is 4.02. The lowest BCUT2D eigenvalue weighted by Crippen LogP contribution is -2.30. The molecule has 26 heavy (non-hydrogen) atoms. The smallest absolute Gasteiger partial charge is 0.416 e. The van der Waals surface area contributed by atoms with Gasteiger partial charge in [-0.2, -0.15) is 13.2 Å². The minimum atomic E-state index is -4.46. The number of nitrogens with zero attached hydrogens (tertiary/aromatic N) is 1. The maximum atomic E-state index is 12.8. The van der Waals surface area contributed by atoms with Gasteiger partial charge in [-0.1, -0.05) is 12.1 Å². The summed E-state index contributed by atoms with van der Waals surface area (Å²) in [6.45, 7) is 1.65. The van der Waals surface area contributed by atoms with Crippen LogP contribution in [-0.4, -0.2) is 38.1 Å². The zero-order valence-corrected chi connectivity index (χ0v) is 14.7. The number of methoxy groups -OCH3 is 2. The number of halogens is 3. The van der Waals surface area contributed by atoms with Gasteiger partial charge in [0.2, 0.25) is 0 Å². The van der Waals surface area contributed by atoms with E-state index in [2.05, 4.69) is 0 Å². The summed E-state index contributed by atoms with van der Waals surface area (Å²) in [5, 5.41) is 0. The van der Waals surface area contributed by atoms with Crippen molar-refractivity contribution in [2.75, 3.05) is 21.3 Å². The molecule has 0 unspecified atom stereocenters. The summed E-state index contributed by atoms with van der Waals surface area (Å²) in [4.78, 5) is 25.8. The molecule has 0 saturated carbocycles. The molecule has 8 heteroatoms. The van der Waals surface area contributed by atoms with Gasteiger partial charge < -0.3 is 14.4 Å². The number of ether oxygens (including phenoxy) is 2. The fraction of sp³-hybridized carbons (Fsp3) is 0.333. The maximum absolute atomic E-state index is 12.8. The average Bonchev–Trinajstić information content (AvgIpc) is 2.61. The number of benzene rings is 1. The Labute approximate surface area is 148 Å². The first-order chi connectivity index (χ1) is 12.1. The van der Waals surface area contributed by atoms with Gasteiger partial charge in [0.15, 0.2) is 0 Å². The molecule has 1 aromatic rings. The average molecular weight is 369 g/mol. The number of likely N-dealkylation sites (N-methyl/N-ethyl adjacent to an activating group) is 1. The van der Waals surface area contributed by atoms with Crippen LogP contribution in [0.4, 0.5) is 13.2 Å². The molecule has 0 aliphatic carbocycles. The van der Waals surface area contributed by atoms with Crippen LogP contribution in [0.1, 0.15) is 24.5 Å². The predicted octanol–water partition coefficient (Wildman–Crippen LogP) is 3.37. The minimum Gasteiger partial charge on any atom is -0.466 e. The Morgan fingerprint density at radius 2 is 1.58 bits per heavy atom. The number of rotatable bonds is 3. The van der Waals surface area contributed by atoms with E-state index in [1.165, 1.54) is 31.3 Å².